The zero-order valence-electron chi connectivity index (χ0n) is 26.1. The Morgan fingerprint density at radius 1 is 0.675 bits per heavy atom. The summed E-state index contributed by atoms with van der Waals surface area (Å²) >= 11 is 0. The molecule has 0 saturated carbocycles. The number of carbonyl (C=O) groups is 4. The van der Waals surface area contributed by atoms with Gasteiger partial charge in [-0.1, -0.05) is 0 Å². The molecule has 40 heavy (non-hydrogen) atoms. The quantitative estimate of drug-likeness (QED) is 0.169. The number of aliphatic hydroxyl groups excluding tert-OH is 1. The normalized spacial score (nSPS) is 12.7. The molecule has 4 N–H and O–H groups in total. The van der Waals surface area contributed by atoms with Gasteiger partial charge in [-0.3, -0.25) is 4.79 Å². The standard InChI is InChI=1S/C28H54N4O8/c1-26(2,3)38-23(35)30-16-11-10-15-29-22(34)21(14-19-33)20-32(25(37)40-28(7,8)9)18-13-12-17-31-24(36)39-27(4,5)6/h21,33H,10-20H2,1-9H3,(H,29,34)(H,30,35)(H,31,36). The Labute approximate surface area is 240 Å². The number of alkyl carbamates (subject to hydrolysis) is 2. The van der Waals surface area contributed by atoms with Gasteiger partial charge in [0.2, 0.25) is 5.91 Å². The van der Waals surface area contributed by atoms with Crippen molar-refractivity contribution in [2.45, 2.75) is 111 Å². The van der Waals surface area contributed by atoms with E-state index in [0.29, 0.717) is 51.9 Å². The molecule has 4 amide bonds. The Morgan fingerprint density at radius 3 is 1.52 bits per heavy atom. The predicted molar refractivity (Wildman–Crippen MR) is 153 cm³/mol. The minimum absolute atomic E-state index is 0.0843. The summed E-state index contributed by atoms with van der Waals surface area (Å²) in [6.45, 7) is 17.4. The van der Waals surface area contributed by atoms with Crippen molar-refractivity contribution in [3.63, 3.8) is 0 Å². The van der Waals surface area contributed by atoms with Crippen LogP contribution in [-0.2, 0) is 19.0 Å². The first kappa shape index (κ1) is 37.2. The number of rotatable bonds is 15. The second kappa shape index (κ2) is 17.8. The van der Waals surface area contributed by atoms with E-state index < -0.39 is 41.0 Å². The Kier molecular flexibility index (Phi) is 16.6. The van der Waals surface area contributed by atoms with Crippen molar-refractivity contribution >= 4 is 24.2 Å². The summed E-state index contributed by atoms with van der Waals surface area (Å²) < 4.78 is 15.9. The maximum absolute atomic E-state index is 12.9. The SMILES string of the molecule is CC(C)(C)OC(=O)NCCCCNC(=O)C(CCO)CN(CCCCNC(=O)OC(C)(C)C)C(=O)OC(C)(C)C. The lowest BCUT2D eigenvalue weighted by atomic mass is 10.0. The zero-order valence-corrected chi connectivity index (χ0v) is 26.1. The van der Waals surface area contributed by atoms with Crippen LogP contribution in [0.5, 0.6) is 0 Å². The van der Waals surface area contributed by atoms with Gasteiger partial charge in [0, 0.05) is 39.3 Å². The first-order valence-electron chi connectivity index (χ1n) is 14.1. The second-order valence-electron chi connectivity index (χ2n) is 12.7. The molecule has 12 heteroatoms. The second-order valence-corrected chi connectivity index (χ2v) is 12.7. The van der Waals surface area contributed by atoms with Crippen LogP contribution in [0.2, 0.25) is 0 Å². The molecular weight excluding hydrogens is 520 g/mol. The molecule has 12 nitrogen and oxygen atoms in total. The van der Waals surface area contributed by atoms with E-state index >= 15 is 0 Å². The molecule has 0 spiro atoms. The lowest BCUT2D eigenvalue weighted by Gasteiger charge is -2.30. The molecular formula is C28H54N4O8. The summed E-state index contributed by atoms with van der Waals surface area (Å²) in [4.78, 5) is 50.8. The van der Waals surface area contributed by atoms with E-state index in [4.69, 9.17) is 14.2 Å². The van der Waals surface area contributed by atoms with Crippen molar-refractivity contribution in [3.8, 4) is 0 Å². The summed E-state index contributed by atoms with van der Waals surface area (Å²) in [5.41, 5.74) is -1.86. The smallest absolute Gasteiger partial charge is 0.410 e. The Bertz CT molecular complexity index is 785. The number of ether oxygens (including phenoxy) is 3. The number of aliphatic hydroxyl groups is 1. The highest BCUT2D eigenvalue weighted by Crippen LogP contribution is 2.14. The number of amides is 4. The molecule has 0 radical (unpaired) electrons. The first-order chi connectivity index (χ1) is 18.3. The maximum atomic E-state index is 12.9. The number of nitrogens with one attached hydrogen (secondary N) is 3. The maximum Gasteiger partial charge on any atom is 0.410 e. The van der Waals surface area contributed by atoms with Crippen molar-refractivity contribution in [2.75, 3.05) is 39.3 Å². The molecule has 0 rings (SSSR count). The summed E-state index contributed by atoms with van der Waals surface area (Å²) in [7, 11) is 0. The van der Waals surface area contributed by atoms with Crippen LogP contribution in [0, 0.1) is 5.92 Å². The Balaban J connectivity index is 4.83. The highest BCUT2D eigenvalue weighted by molar-refractivity contribution is 5.79. The molecule has 0 fully saturated rings. The largest absolute Gasteiger partial charge is 0.444 e. The van der Waals surface area contributed by atoms with Crippen LogP contribution in [0.15, 0.2) is 0 Å². The summed E-state index contributed by atoms with van der Waals surface area (Å²) in [6.07, 6.45) is 1.08. The fraction of sp³-hybridized carbons (Fsp3) is 0.857. The lowest BCUT2D eigenvalue weighted by Crippen LogP contribution is -2.44. The van der Waals surface area contributed by atoms with Gasteiger partial charge in [0.1, 0.15) is 16.8 Å². The van der Waals surface area contributed by atoms with Crippen LogP contribution in [-0.4, -0.2) is 90.3 Å². The van der Waals surface area contributed by atoms with Gasteiger partial charge >= 0.3 is 18.3 Å². The molecule has 1 atom stereocenters. The first-order valence-corrected chi connectivity index (χ1v) is 14.1. The van der Waals surface area contributed by atoms with E-state index in [1.54, 1.807) is 62.3 Å². The summed E-state index contributed by atoms with van der Waals surface area (Å²) in [5.74, 6) is -0.897. The topological polar surface area (TPSA) is 156 Å². The molecule has 0 aromatic carbocycles. The summed E-state index contributed by atoms with van der Waals surface area (Å²) in [5, 5.41) is 17.8. The van der Waals surface area contributed by atoms with Crippen LogP contribution >= 0.6 is 0 Å². The van der Waals surface area contributed by atoms with E-state index in [2.05, 4.69) is 16.0 Å². The van der Waals surface area contributed by atoms with Gasteiger partial charge in [0.05, 0.1) is 5.92 Å². The molecule has 0 aliphatic rings. The molecule has 0 bridgehead atoms. The molecule has 0 heterocycles. The molecule has 234 valence electrons. The predicted octanol–water partition coefficient (Wildman–Crippen LogP) is 3.95. The molecule has 0 aromatic rings. The Morgan fingerprint density at radius 2 is 1.10 bits per heavy atom. The van der Waals surface area contributed by atoms with Crippen LogP contribution in [0.1, 0.15) is 94.4 Å². The van der Waals surface area contributed by atoms with Crippen molar-refractivity contribution in [1.82, 2.24) is 20.9 Å². The highest BCUT2D eigenvalue weighted by Gasteiger charge is 2.27. The minimum Gasteiger partial charge on any atom is -0.444 e. The van der Waals surface area contributed by atoms with Crippen LogP contribution in [0.4, 0.5) is 14.4 Å². The highest BCUT2D eigenvalue weighted by atomic mass is 16.6. The minimum atomic E-state index is -0.713. The van der Waals surface area contributed by atoms with E-state index in [1.165, 1.54) is 4.90 Å². The molecule has 0 aromatic heterocycles. The molecule has 0 saturated heterocycles. The van der Waals surface area contributed by atoms with Gasteiger partial charge in [-0.25, -0.2) is 14.4 Å². The number of carbonyl (C=O) groups excluding carboxylic acids is 4. The zero-order chi connectivity index (χ0) is 31.0. The lowest BCUT2D eigenvalue weighted by molar-refractivity contribution is -0.126. The van der Waals surface area contributed by atoms with Gasteiger partial charge in [-0.2, -0.15) is 0 Å². The van der Waals surface area contributed by atoms with E-state index in [0.717, 1.165) is 0 Å². The van der Waals surface area contributed by atoms with Crippen LogP contribution in [0.25, 0.3) is 0 Å². The number of unbranched alkanes of at least 4 members (excludes halogenated alkanes) is 2. The third-order valence-corrected chi connectivity index (χ3v) is 5.03. The van der Waals surface area contributed by atoms with Gasteiger partial charge in [-0.05, 0) is 94.4 Å². The number of hydrogen-bond donors (Lipinski definition) is 4. The van der Waals surface area contributed by atoms with E-state index in [9.17, 15) is 24.3 Å². The third kappa shape index (κ3) is 21.1. The third-order valence-electron chi connectivity index (χ3n) is 5.03. The van der Waals surface area contributed by atoms with E-state index in [1.807, 2.05) is 0 Å². The average molecular weight is 575 g/mol. The van der Waals surface area contributed by atoms with Crippen molar-refractivity contribution < 1.29 is 38.5 Å². The van der Waals surface area contributed by atoms with E-state index in [-0.39, 0.29) is 25.5 Å². The monoisotopic (exact) mass is 574 g/mol. The van der Waals surface area contributed by atoms with Gasteiger partial charge in [-0.15, -0.1) is 0 Å². The summed E-state index contributed by atoms with van der Waals surface area (Å²) in [6, 6.07) is 0. The molecule has 0 aliphatic carbocycles. The number of nitrogens with zero attached hydrogens (tertiary/aromatic N) is 1. The average Bonchev–Trinajstić information content (AvgIpc) is 2.75. The van der Waals surface area contributed by atoms with Gasteiger partial charge < -0.3 is 40.2 Å². The van der Waals surface area contributed by atoms with Crippen LogP contribution < -0.4 is 16.0 Å². The van der Waals surface area contributed by atoms with Crippen molar-refractivity contribution in [3.05, 3.63) is 0 Å². The van der Waals surface area contributed by atoms with Gasteiger partial charge in [0.25, 0.3) is 0 Å². The fourth-order valence-electron chi connectivity index (χ4n) is 3.35. The fourth-order valence-corrected chi connectivity index (χ4v) is 3.35. The Hall–Kier alpha value is -2.76. The molecule has 1 unspecified atom stereocenters. The van der Waals surface area contributed by atoms with Crippen molar-refractivity contribution in [1.29, 1.82) is 0 Å². The van der Waals surface area contributed by atoms with Crippen LogP contribution in [0.3, 0.4) is 0 Å². The van der Waals surface area contributed by atoms with Crippen molar-refractivity contribution in [2.24, 2.45) is 5.92 Å². The molecule has 0 aliphatic heterocycles. The number of hydrogen-bond acceptors (Lipinski definition) is 8. The van der Waals surface area contributed by atoms with Gasteiger partial charge in [0.15, 0.2) is 0 Å².